The van der Waals surface area contributed by atoms with Crippen molar-refractivity contribution in [2.24, 2.45) is 0 Å². The molecular formula is C11H10N2O2. The van der Waals surface area contributed by atoms with Gasteiger partial charge in [-0.05, 0) is 26.0 Å². The predicted octanol–water partition coefficient (Wildman–Crippen LogP) is 1.21. The summed E-state index contributed by atoms with van der Waals surface area (Å²) in [5.74, 6) is -0.230. The molecule has 4 nitrogen and oxygen atoms in total. The molecule has 0 spiro atoms. The van der Waals surface area contributed by atoms with Crippen LogP contribution in [0.25, 0.3) is 0 Å². The number of anilines is 1. The van der Waals surface area contributed by atoms with Crippen LogP contribution >= 0.6 is 0 Å². The summed E-state index contributed by atoms with van der Waals surface area (Å²) in [6.45, 7) is 3.44. The molecule has 0 saturated carbocycles. The normalized spacial score (nSPS) is 15.9. The van der Waals surface area contributed by atoms with Crippen LogP contribution < -0.4 is 4.90 Å². The Labute approximate surface area is 87.2 Å². The van der Waals surface area contributed by atoms with Gasteiger partial charge >= 0.3 is 0 Å². The molecule has 1 aromatic heterocycles. The van der Waals surface area contributed by atoms with Crippen LogP contribution in [0.3, 0.4) is 0 Å². The first-order valence-corrected chi connectivity index (χ1v) is 4.60. The largest absolute Gasteiger partial charge is 0.269 e. The maximum atomic E-state index is 11.6. The molecule has 0 aromatic carbocycles. The van der Waals surface area contributed by atoms with E-state index >= 15 is 0 Å². The average molecular weight is 202 g/mol. The summed E-state index contributed by atoms with van der Waals surface area (Å²) < 4.78 is 0. The fourth-order valence-corrected chi connectivity index (χ4v) is 1.46. The zero-order valence-electron chi connectivity index (χ0n) is 8.52. The molecule has 15 heavy (non-hydrogen) atoms. The standard InChI is InChI=1S/C11H10N2O2/c1-7-6-10(14)13(11(7)15)9-5-3-4-8(2)12-9/h3-6H,1-2H3. The molecule has 1 aliphatic heterocycles. The molecule has 0 radical (unpaired) electrons. The van der Waals surface area contributed by atoms with E-state index in [1.807, 2.05) is 13.0 Å². The van der Waals surface area contributed by atoms with Gasteiger partial charge in [0.2, 0.25) is 0 Å². The monoisotopic (exact) mass is 202 g/mol. The second kappa shape index (κ2) is 3.31. The number of hydrogen-bond acceptors (Lipinski definition) is 3. The van der Waals surface area contributed by atoms with Crippen LogP contribution in [0.5, 0.6) is 0 Å². The van der Waals surface area contributed by atoms with E-state index in [1.165, 1.54) is 6.08 Å². The lowest BCUT2D eigenvalue weighted by molar-refractivity contribution is -0.120. The van der Waals surface area contributed by atoms with Crippen molar-refractivity contribution in [2.45, 2.75) is 13.8 Å². The lowest BCUT2D eigenvalue weighted by Crippen LogP contribution is -2.31. The number of amides is 2. The molecule has 0 fully saturated rings. The second-order valence-electron chi connectivity index (χ2n) is 3.44. The zero-order chi connectivity index (χ0) is 11.0. The topological polar surface area (TPSA) is 50.3 Å². The fraction of sp³-hybridized carbons (Fsp3) is 0.182. The van der Waals surface area contributed by atoms with Crippen molar-refractivity contribution in [3.63, 3.8) is 0 Å². The number of aryl methyl sites for hydroxylation is 1. The molecule has 0 atom stereocenters. The molecule has 2 rings (SSSR count). The van der Waals surface area contributed by atoms with Crippen LogP contribution in [0.4, 0.5) is 5.82 Å². The molecule has 1 aliphatic rings. The number of imide groups is 1. The van der Waals surface area contributed by atoms with Crippen molar-refractivity contribution in [2.75, 3.05) is 4.90 Å². The van der Waals surface area contributed by atoms with Gasteiger partial charge in [0.05, 0.1) is 0 Å². The summed E-state index contributed by atoms with van der Waals surface area (Å²) in [7, 11) is 0. The van der Waals surface area contributed by atoms with Gasteiger partial charge in [0.1, 0.15) is 5.82 Å². The lowest BCUT2D eigenvalue weighted by atomic mass is 10.3. The molecule has 0 unspecified atom stereocenters. The van der Waals surface area contributed by atoms with Crippen LogP contribution in [-0.2, 0) is 9.59 Å². The molecular weight excluding hydrogens is 192 g/mol. The van der Waals surface area contributed by atoms with Gasteiger partial charge < -0.3 is 0 Å². The number of rotatable bonds is 1. The van der Waals surface area contributed by atoms with Gasteiger partial charge in [0, 0.05) is 17.3 Å². The Balaban J connectivity index is 2.42. The summed E-state index contributed by atoms with van der Waals surface area (Å²) in [6, 6.07) is 5.23. The van der Waals surface area contributed by atoms with Crippen molar-refractivity contribution in [1.82, 2.24) is 4.98 Å². The van der Waals surface area contributed by atoms with Gasteiger partial charge in [0.15, 0.2) is 0 Å². The summed E-state index contributed by atoms with van der Waals surface area (Å²) in [6.07, 6.45) is 1.33. The lowest BCUT2D eigenvalue weighted by Gasteiger charge is -2.13. The third-order valence-electron chi connectivity index (χ3n) is 2.20. The number of hydrogen-bond donors (Lipinski definition) is 0. The van der Waals surface area contributed by atoms with Crippen LogP contribution in [0.1, 0.15) is 12.6 Å². The Hall–Kier alpha value is -1.97. The van der Waals surface area contributed by atoms with Gasteiger partial charge in [-0.15, -0.1) is 0 Å². The van der Waals surface area contributed by atoms with Crippen LogP contribution in [0, 0.1) is 6.92 Å². The first-order chi connectivity index (χ1) is 7.09. The highest BCUT2D eigenvalue weighted by Gasteiger charge is 2.30. The minimum Gasteiger partial charge on any atom is -0.269 e. The van der Waals surface area contributed by atoms with Gasteiger partial charge in [-0.1, -0.05) is 6.07 Å². The molecule has 0 N–H and O–H groups in total. The Morgan fingerprint density at radius 2 is 1.93 bits per heavy atom. The van der Waals surface area contributed by atoms with E-state index in [-0.39, 0.29) is 11.8 Å². The highest BCUT2D eigenvalue weighted by Crippen LogP contribution is 2.19. The number of nitrogens with zero attached hydrogens (tertiary/aromatic N) is 2. The highest BCUT2D eigenvalue weighted by atomic mass is 16.2. The Morgan fingerprint density at radius 3 is 2.47 bits per heavy atom. The molecule has 4 heteroatoms. The number of pyridine rings is 1. The first-order valence-electron chi connectivity index (χ1n) is 4.60. The number of carbonyl (C=O) groups is 2. The first kappa shape index (κ1) is 9.58. The Morgan fingerprint density at radius 1 is 1.20 bits per heavy atom. The van der Waals surface area contributed by atoms with Gasteiger partial charge in [-0.25, -0.2) is 9.88 Å². The van der Waals surface area contributed by atoms with Crippen molar-refractivity contribution in [3.05, 3.63) is 35.5 Å². The van der Waals surface area contributed by atoms with E-state index < -0.39 is 0 Å². The van der Waals surface area contributed by atoms with Gasteiger partial charge in [-0.2, -0.15) is 0 Å². The third kappa shape index (κ3) is 1.54. The smallest absolute Gasteiger partial charge is 0.262 e. The summed E-state index contributed by atoms with van der Waals surface area (Å²) in [4.78, 5) is 28.3. The van der Waals surface area contributed by atoms with Crippen LogP contribution in [0.15, 0.2) is 29.8 Å². The molecule has 2 amide bonds. The minimum absolute atomic E-state index is 0.293. The van der Waals surface area contributed by atoms with Crippen molar-refractivity contribution >= 4 is 17.6 Å². The Kier molecular flexibility index (Phi) is 2.11. The number of aromatic nitrogens is 1. The van der Waals surface area contributed by atoms with Gasteiger partial charge in [-0.3, -0.25) is 9.59 Å². The minimum atomic E-state index is -0.324. The summed E-state index contributed by atoms with van der Waals surface area (Å²) >= 11 is 0. The number of carbonyl (C=O) groups excluding carboxylic acids is 2. The van der Waals surface area contributed by atoms with E-state index in [9.17, 15) is 9.59 Å². The molecule has 0 aliphatic carbocycles. The molecule has 1 aromatic rings. The van der Waals surface area contributed by atoms with Crippen molar-refractivity contribution < 1.29 is 9.59 Å². The fourth-order valence-electron chi connectivity index (χ4n) is 1.46. The van der Waals surface area contributed by atoms with Crippen LogP contribution in [0.2, 0.25) is 0 Å². The maximum Gasteiger partial charge on any atom is 0.262 e. The highest BCUT2D eigenvalue weighted by molar-refractivity contribution is 6.29. The average Bonchev–Trinajstić information content (AvgIpc) is 2.41. The Bertz CT molecular complexity index is 477. The van der Waals surface area contributed by atoms with Crippen molar-refractivity contribution in [3.8, 4) is 0 Å². The molecule has 0 bridgehead atoms. The van der Waals surface area contributed by atoms with Crippen molar-refractivity contribution in [1.29, 1.82) is 0 Å². The SMILES string of the molecule is CC1=CC(=O)N(c2cccc(C)n2)C1=O. The van der Waals surface area contributed by atoms with E-state index in [0.717, 1.165) is 10.6 Å². The molecule has 76 valence electrons. The van der Waals surface area contributed by atoms with Gasteiger partial charge in [0.25, 0.3) is 11.8 Å². The van der Waals surface area contributed by atoms with Crippen LogP contribution in [-0.4, -0.2) is 16.8 Å². The summed E-state index contributed by atoms with van der Waals surface area (Å²) in [5, 5.41) is 0. The van der Waals surface area contributed by atoms with E-state index in [4.69, 9.17) is 0 Å². The molecule has 0 saturated heterocycles. The summed E-state index contributed by atoms with van der Waals surface area (Å²) in [5.41, 5.74) is 1.22. The van der Waals surface area contributed by atoms with E-state index in [1.54, 1.807) is 19.1 Å². The zero-order valence-corrected chi connectivity index (χ0v) is 8.52. The maximum absolute atomic E-state index is 11.6. The second-order valence-corrected chi connectivity index (χ2v) is 3.44. The predicted molar refractivity (Wildman–Crippen MR) is 55.2 cm³/mol. The quantitative estimate of drug-likeness (QED) is 0.643. The third-order valence-corrected chi connectivity index (χ3v) is 2.20. The molecule has 2 heterocycles. The van der Waals surface area contributed by atoms with E-state index in [2.05, 4.69) is 4.98 Å². The van der Waals surface area contributed by atoms with E-state index in [0.29, 0.717) is 11.4 Å².